The summed E-state index contributed by atoms with van der Waals surface area (Å²) >= 11 is 0. The molecular weight excluding hydrogens is 324 g/mol. The van der Waals surface area contributed by atoms with Gasteiger partial charge < -0.3 is 15.5 Å². The molecule has 124 valence electrons. The smallest absolute Gasteiger partial charge is 0.413 e. The van der Waals surface area contributed by atoms with E-state index in [1.54, 1.807) is 0 Å². The third kappa shape index (κ3) is 3.09. The standard InChI is InChI=1S/C10H9F6N3O3/c1-18(8(21)10(14,15)16)6-4(17)3-5(9(11,12)13)19(22-2)7(6)20/h3H,17H2,1-2H3. The maximum Gasteiger partial charge on any atom is 0.471 e. The molecule has 1 aromatic heterocycles. The van der Waals surface area contributed by atoms with E-state index in [2.05, 4.69) is 4.84 Å². The number of anilines is 2. The monoisotopic (exact) mass is 333 g/mol. The summed E-state index contributed by atoms with van der Waals surface area (Å²) in [6.07, 6.45) is -10.4. The van der Waals surface area contributed by atoms with E-state index in [0.29, 0.717) is 14.2 Å². The second-order valence-electron chi connectivity index (χ2n) is 3.98. The van der Waals surface area contributed by atoms with Gasteiger partial charge in [0, 0.05) is 7.05 Å². The van der Waals surface area contributed by atoms with E-state index >= 15 is 0 Å². The Morgan fingerprint density at radius 1 is 1.27 bits per heavy atom. The molecule has 0 unspecified atom stereocenters. The Morgan fingerprint density at radius 2 is 1.77 bits per heavy atom. The van der Waals surface area contributed by atoms with Crippen molar-refractivity contribution in [2.75, 3.05) is 24.8 Å². The minimum absolute atomic E-state index is 0.187. The molecule has 0 saturated carbocycles. The molecule has 1 aromatic rings. The number of alkyl halides is 6. The zero-order chi connectivity index (χ0) is 17.5. The molecule has 1 amide bonds. The van der Waals surface area contributed by atoms with Crippen molar-refractivity contribution in [3.8, 4) is 0 Å². The largest absolute Gasteiger partial charge is 0.471 e. The minimum Gasteiger partial charge on any atom is -0.413 e. The van der Waals surface area contributed by atoms with Crippen molar-refractivity contribution in [3.63, 3.8) is 0 Å². The van der Waals surface area contributed by atoms with Gasteiger partial charge in [-0.15, -0.1) is 4.73 Å². The molecule has 12 heteroatoms. The molecule has 0 bridgehead atoms. The number of nitrogens with zero attached hydrogens (tertiary/aromatic N) is 2. The average molecular weight is 333 g/mol. The van der Waals surface area contributed by atoms with Crippen LogP contribution in [0.2, 0.25) is 0 Å². The molecule has 0 radical (unpaired) electrons. The van der Waals surface area contributed by atoms with Gasteiger partial charge in [0.15, 0.2) is 5.69 Å². The Balaban J connectivity index is 3.60. The highest BCUT2D eigenvalue weighted by molar-refractivity contribution is 5.99. The second kappa shape index (κ2) is 5.42. The fraction of sp³-hybridized carbons (Fsp3) is 0.400. The van der Waals surface area contributed by atoms with E-state index in [-0.39, 0.29) is 15.7 Å². The third-order valence-electron chi connectivity index (χ3n) is 2.53. The van der Waals surface area contributed by atoms with Crippen LogP contribution in [0.3, 0.4) is 0 Å². The van der Waals surface area contributed by atoms with Gasteiger partial charge in [-0.05, 0) is 6.07 Å². The molecule has 0 saturated heterocycles. The SMILES string of the molecule is COn1c(C(F)(F)F)cc(N)c(N(C)C(=O)C(F)(F)F)c1=O. The van der Waals surface area contributed by atoms with Gasteiger partial charge in [-0.3, -0.25) is 9.59 Å². The number of hydrogen-bond acceptors (Lipinski definition) is 4. The molecule has 0 aliphatic heterocycles. The lowest BCUT2D eigenvalue weighted by Gasteiger charge is -2.22. The van der Waals surface area contributed by atoms with E-state index in [0.717, 1.165) is 0 Å². The van der Waals surface area contributed by atoms with Crippen LogP contribution in [0, 0.1) is 0 Å². The van der Waals surface area contributed by atoms with E-state index in [1.807, 2.05) is 0 Å². The van der Waals surface area contributed by atoms with Gasteiger partial charge in [0.05, 0.1) is 5.69 Å². The van der Waals surface area contributed by atoms with Crippen molar-refractivity contribution in [2.45, 2.75) is 12.4 Å². The Bertz CT molecular complexity index is 649. The molecule has 0 fully saturated rings. The fourth-order valence-corrected chi connectivity index (χ4v) is 1.61. The zero-order valence-corrected chi connectivity index (χ0v) is 11.0. The van der Waals surface area contributed by atoms with Gasteiger partial charge >= 0.3 is 23.8 Å². The second-order valence-corrected chi connectivity index (χ2v) is 3.98. The summed E-state index contributed by atoms with van der Waals surface area (Å²) < 4.78 is 74.9. The summed E-state index contributed by atoms with van der Waals surface area (Å²) in [5, 5.41) is 0. The molecule has 0 spiro atoms. The summed E-state index contributed by atoms with van der Waals surface area (Å²) in [7, 11) is 1.25. The lowest BCUT2D eigenvalue weighted by atomic mass is 10.2. The first-order valence-electron chi connectivity index (χ1n) is 5.34. The lowest BCUT2D eigenvalue weighted by molar-refractivity contribution is -0.170. The highest BCUT2D eigenvalue weighted by atomic mass is 19.4. The van der Waals surface area contributed by atoms with E-state index in [4.69, 9.17) is 5.73 Å². The number of carbonyl (C=O) groups is 1. The number of rotatable bonds is 2. The van der Waals surface area contributed by atoms with Gasteiger partial charge in [0.1, 0.15) is 12.8 Å². The first-order chi connectivity index (χ1) is 9.82. The number of nitrogen functional groups attached to an aromatic ring is 1. The minimum atomic E-state index is -5.34. The molecule has 1 rings (SSSR count). The normalized spacial score (nSPS) is 12.2. The lowest BCUT2D eigenvalue weighted by Crippen LogP contribution is -2.44. The Labute approximate surface area is 118 Å². The number of nitrogens with two attached hydrogens (primary N) is 1. The average Bonchev–Trinajstić information content (AvgIpc) is 2.34. The summed E-state index contributed by atoms with van der Waals surface area (Å²) in [6, 6.07) is 0.195. The van der Waals surface area contributed by atoms with Crippen LogP contribution in [-0.4, -0.2) is 31.0 Å². The molecule has 2 N–H and O–H groups in total. The van der Waals surface area contributed by atoms with Crippen LogP contribution in [0.15, 0.2) is 10.9 Å². The Kier molecular flexibility index (Phi) is 4.35. The quantitative estimate of drug-likeness (QED) is 0.820. The van der Waals surface area contributed by atoms with Gasteiger partial charge in [0.25, 0.3) is 0 Å². The molecule has 0 aliphatic carbocycles. The van der Waals surface area contributed by atoms with Crippen LogP contribution in [-0.2, 0) is 11.0 Å². The fourth-order valence-electron chi connectivity index (χ4n) is 1.61. The Hall–Kier alpha value is -2.40. The molecule has 0 aliphatic rings. The number of halogens is 6. The molecular formula is C10H9F6N3O3. The molecule has 1 heterocycles. The van der Waals surface area contributed by atoms with Crippen molar-refractivity contribution in [1.82, 2.24) is 4.73 Å². The number of aromatic nitrogens is 1. The van der Waals surface area contributed by atoms with E-state index in [1.165, 1.54) is 0 Å². The maximum absolute atomic E-state index is 12.7. The Morgan fingerprint density at radius 3 is 2.14 bits per heavy atom. The van der Waals surface area contributed by atoms with Gasteiger partial charge in [-0.1, -0.05) is 0 Å². The summed E-state index contributed by atoms with van der Waals surface area (Å²) in [5.41, 5.74) is -0.133. The number of hydrogen-bond donors (Lipinski definition) is 1. The van der Waals surface area contributed by atoms with Crippen molar-refractivity contribution in [2.24, 2.45) is 0 Å². The summed E-state index contributed by atoms with van der Waals surface area (Å²) in [5.74, 6) is -2.47. The van der Waals surface area contributed by atoms with E-state index in [9.17, 15) is 35.9 Å². The van der Waals surface area contributed by atoms with Gasteiger partial charge in [0.2, 0.25) is 0 Å². The van der Waals surface area contributed by atoms with Crippen molar-refractivity contribution < 1.29 is 36.0 Å². The number of amides is 1. The first-order valence-corrected chi connectivity index (χ1v) is 5.34. The predicted octanol–water partition coefficient (Wildman–Crippen LogP) is 1.03. The van der Waals surface area contributed by atoms with Gasteiger partial charge in [-0.2, -0.15) is 26.3 Å². The number of pyridine rings is 1. The van der Waals surface area contributed by atoms with Crippen LogP contribution in [0.4, 0.5) is 37.7 Å². The van der Waals surface area contributed by atoms with Gasteiger partial charge in [-0.25, -0.2) is 0 Å². The summed E-state index contributed by atoms with van der Waals surface area (Å²) in [4.78, 5) is 27.0. The van der Waals surface area contributed by atoms with Crippen LogP contribution in [0.1, 0.15) is 5.69 Å². The highest BCUT2D eigenvalue weighted by Crippen LogP contribution is 2.32. The first kappa shape index (κ1) is 17.7. The van der Waals surface area contributed by atoms with Crippen LogP contribution in [0.5, 0.6) is 0 Å². The van der Waals surface area contributed by atoms with Crippen molar-refractivity contribution in [3.05, 3.63) is 22.1 Å². The van der Waals surface area contributed by atoms with Crippen LogP contribution in [0.25, 0.3) is 0 Å². The van der Waals surface area contributed by atoms with Crippen LogP contribution >= 0.6 is 0 Å². The van der Waals surface area contributed by atoms with Crippen LogP contribution < -0.4 is 21.0 Å². The highest BCUT2D eigenvalue weighted by Gasteiger charge is 2.44. The topological polar surface area (TPSA) is 77.6 Å². The molecule has 6 nitrogen and oxygen atoms in total. The third-order valence-corrected chi connectivity index (χ3v) is 2.53. The maximum atomic E-state index is 12.7. The predicted molar refractivity (Wildman–Crippen MR) is 62.1 cm³/mol. The molecule has 0 aromatic carbocycles. The zero-order valence-electron chi connectivity index (χ0n) is 11.0. The van der Waals surface area contributed by atoms with Crippen molar-refractivity contribution in [1.29, 1.82) is 0 Å². The summed E-state index contributed by atoms with van der Waals surface area (Å²) in [6.45, 7) is 0. The molecule has 0 atom stereocenters. The number of carbonyl (C=O) groups excluding carboxylic acids is 1. The van der Waals surface area contributed by atoms with Crippen molar-refractivity contribution >= 4 is 17.3 Å². The molecule has 22 heavy (non-hydrogen) atoms. The van der Waals surface area contributed by atoms with E-state index < -0.39 is 40.9 Å².